The predicted molar refractivity (Wildman–Crippen MR) is 92.6 cm³/mol. The summed E-state index contributed by atoms with van der Waals surface area (Å²) < 4.78 is 0. The normalized spacial score (nSPS) is 11.6. The third-order valence-corrected chi connectivity index (χ3v) is 3.60. The van der Waals surface area contributed by atoms with E-state index in [4.69, 9.17) is 4.98 Å². The first-order chi connectivity index (χ1) is 10.0. The molecular formula is C18H33N3. The zero-order valence-corrected chi connectivity index (χ0v) is 14.5. The highest BCUT2D eigenvalue weighted by Gasteiger charge is 2.09. The number of pyridine rings is 1. The van der Waals surface area contributed by atoms with Crippen molar-refractivity contribution in [2.45, 2.75) is 54.0 Å². The van der Waals surface area contributed by atoms with E-state index in [0.717, 1.165) is 43.8 Å². The predicted octanol–water partition coefficient (Wildman–Crippen LogP) is 4.41. The maximum absolute atomic E-state index is 4.70. The first-order valence-corrected chi connectivity index (χ1v) is 8.43. The lowest BCUT2D eigenvalue weighted by Gasteiger charge is -2.24. The molecular weight excluding hydrogens is 258 g/mol. The number of aromatic nitrogens is 1. The number of rotatable bonds is 10. The van der Waals surface area contributed by atoms with Gasteiger partial charge in [-0.15, -0.1) is 0 Å². The van der Waals surface area contributed by atoms with E-state index >= 15 is 0 Å². The van der Waals surface area contributed by atoms with Gasteiger partial charge in [0.05, 0.1) is 5.69 Å². The van der Waals surface area contributed by atoms with Crippen LogP contribution < -0.4 is 5.32 Å². The molecule has 1 heterocycles. The molecule has 0 saturated carbocycles. The molecule has 1 aromatic rings. The lowest BCUT2D eigenvalue weighted by molar-refractivity contribution is 0.233. The Morgan fingerprint density at radius 3 is 2.19 bits per heavy atom. The zero-order valence-electron chi connectivity index (χ0n) is 14.5. The minimum Gasteiger partial charge on any atom is -0.370 e. The fourth-order valence-corrected chi connectivity index (χ4v) is 2.23. The van der Waals surface area contributed by atoms with Gasteiger partial charge in [0.15, 0.2) is 0 Å². The third-order valence-electron chi connectivity index (χ3n) is 3.60. The van der Waals surface area contributed by atoms with Crippen LogP contribution in [0.15, 0.2) is 18.2 Å². The molecule has 3 nitrogen and oxygen atoms in total. The summed E-state index contributed by atoms with van der Waals surface area (Å²) in [6.45, 7) is 15.5. The summed E-state index contributed by atoms with van der Waals surface area (Å²) >= 11 is 0. The Morgan fingerprint density at radius 2 is 1.67 bits per heavy atom. The molecule has 0 aliphatic rings. The Balaban J connectivity index is 2.62. The number of nitrogens with one attached hydrogen (secondary N) is 1. The topological polar surface area (TPSA) is 28.2 Å². The molecule has 0 saturated heterocycles. The van der Waals surface area contributed by atoms with Crippen LogP contribution in [0.3, 0.4) is 0 Å². The standard InChI is InChI=1S/C18H33N3/c1-6-19-18-9-7-8-17(20-18)14-21(12-10-15(2)3)13-11-16(4)5/h7-9,15-16H,6,10-14H2,1-5H3,(H,19,20). The van der Waals surface area contributed by atoms with Crippen molar-refractivity contribution in [1.29, 1.82) is 0 Å². The molecule has 0 atom stereocenters. The average molecular weight is 291 g/mol. The molecule has 0 fully saturated rings. The van der Waals surface area contributed by atoms with Crippen molar-refractivity contribution in [3.63, 3.8) is 0 Å². The summed E-state index contributed by atoms with van der Waals surface area (Å²) in [6, 6.07) is 6.28. The average Bonchev–Trinajstić information content (AvgIpc) is 2.42. The fourth-order valence-electron chi connectivity index (χ4n) is 2.23. The van der Waals surface area contributed by atoms with Gasteiger partial charge in [-0.05, 0) is 56.8 Å². The van der Waals surface area contributed by atoms with Crippen molar-refractivity contribution in [2.24, 2.45) is 11.8 Å². The summed E-state index contributed by atoms with van der Waals surface area (Å²) in [5.74, 6) is 2.50. The summed E-state index contributed by atoms with van der Waals surface area (Å²) in [4.78, 5) is 7.26. The van der Waals surface area contributed by atoms with E-state index in [1.54, 1.807) is 0 Å². The molecule has 0 aromatic carbocycles. The largest absolute Gasteiger partial charge is 0.370 e. The van der Waals surface area contributed by atoms with Gasteiger partial charge >= 0.3 is 0 Å². The van der Waals surface area contributed by atoms with Gasteiger partial charge in [-0.25, -0.2) is 4.98 Å². The van der Waals surface area contributed by atoms with Crippen molar-refractivity contribution in [3.05, 3.63) is 23.9 Å². The SMILES string of the molecule is CCNc1cccc(CN(CCC(C)C)CCC(C)C)n1. The Morgan fingerprint density at radius 1 is 1.05 bits per heavy atom. The molecule has 0 aliphatic heterocycles. The smallest absolute Gasteiger partial charge is 0.126 e. The molecule has 3 heteroatoms. The van der Waals surface area contributed by atoms with Gasteiger partial charge < -0.3 is 5.32 Å². The van der Waals surface area contributed by atoms with Crippen LogP contribution >= 0.6 is 0 Å². The second kappa shape index (κ2) is 9.78. The molecule has 1 N–H and O–H groups in total. The quantitative estimate of drug-likeness (QED) is 0.692. The first kappa shape index (κ1) is 18.0. The molecule has 1 rings (SSSR count). The van der Waals surface area contributed by atoms with Gasteiger partial charge in [-0.1, -0.05) is 33.8 Å². The summed E-state index contributed by atoms with van der Waals surface area (Å²) in [5, 5.41) is 3.29. The highest BCUT2D eigenvalue weighted by Crippen LogP contribution is 2.11. The Kier molecular flexibility index (Phi) is 8.36. The molecule has 21 heavy (non-hydrogen) atoms. The molecule has 0 aliphatic carbocycles. The molecule has 1 aromatic heterocycles. The van der Waals surface area contributed by atoms with E-state index in [1.807, 2.05) is 6.07 Å². The van der Waals surface area contributed by atoms with E-state index in [0.29, 0.717) is 0 Å². The van der Waals surface area contributed by atoms with Crippen LogP contribution in [0.2, 0.25) is 0 Å². The Hall–Kier alpha value is -1.09. The summed E-state index contributed by atoms with van der Waals surface area (Å²) in [7, 11) is 0. The number of anilines is 1. The van der Waals surface area contributed by atoms with E-state index in [1.165, 1.54) is 18.5 Å². The zero-order chi connectivity index (χ0) is 15.7. The lowest BCUT2D eigenvalue weighted by atomic mass is 10.1. The highest BCUT2D eigenvalue weighted by atomic mass is 15.1. The monoisotopic (exact) mass is 291 g/mol. The maximum atomic E-state index is 4.70. The second-order valence-corrected chi connectivity index (χ2v) is 6.69. The van der Waals surface area contributed by atoms with Crippen molar-refractivity contribution < 1.29 is 0 Å². The molecule has 0 amide bonds. The van der Waals surface area contributed by atoms with Crippen LogP contribution in [0.1, 0.15) is 53.2 Å². The van der Waals surface area contributed by atoms with Gasteiger partial charge in [-0.2, -0.15) is 0 Å². The van der Waals surface area contributed by atoms with Crippen LogP contribution in [0.25, 0.3) is 0 Å². The van der Waals surface area contributed by atoms with Gasteiger partial charge in [-0.3, -0.25) is 4.90 Å². The fraction of sp³-hybridized carbons (Fsp3) is 0.722. The van der Waals surface area contributed by atoms with E-state index in [2.05, 4.69) is 57.0 Å². The van der Waals surface area contributed by atoms with Crippen molar-refractivity contribution in [2.75, 3.05) is 25.0 Å². The minimum absolute atomic E-state index is 0.757. The Labute approximate surface area is 131 Å². The van der Waals surface area contributed by atoms with Gasteiger partial charge in [0.2, 0.25) is 0 Å². The first-order valence-electron chi connectivity index (χ1n) is 8.43. The highest BCUT2D eigenvalue weighted by molar-refractivity contribution is 5.34. The van der Waals surface area contributed by atoms with E-state index in [9.17, 15) is 0 Å². The van der Waals surface area contributed by atoms with Crippen molar-refractivity contribution in [3.8, 4) is 0 Å². The van der Waals surface area contributed by atoms with Crippen molar-refractivity contribution >= 4 is 5.82 Å². The molecule has 0 radical (unpaired) electrons. The molecule has 120 valence electrons. The van der Waals surface area contributed by atoms with Crippen LogP contribution in [-0.4, -0.2) is 29.5 Å². The van der Waals surface area contributed by atoms with Crippen LogP contribution in [0, 0.1) is 11.8 Å². The number of hydrogen-bond donors (Lipinski definition) is 1. The number of hydrogen-bond acceptors (Lipinski definition) is 3. The van der Waals surface area contributed by atoms with Crippen LogP contribution in [-0.2, 0) is 6.54 Å². The molecule has 0 spiro atoms. The second-order valence-electron chi connectivity index (χ2n) is 6.69. The molecule has 0 unspecified atom stereocenters. The Bertz CT molecular complexity index is 376. The molecule has 0 bridgehead atoms. The van der Waals surface area contributed by atoms with Crippen LogP contribution in [0.5, 0.6) is 0 Å². The van der Waals surface area contributed by atoms with Crippen LogP contribution in [0.4, 0.5) is 5.82 Å². The minimum atomic E-state index is 0.757. The maximum Gasteiger partial charge on any atom is 0.126 e. The summed E-state index contributed by atoms with van der Waals surface area (Å²) in [5.41, 5.74) is 1.17. The third kappa shape index (κ3) is 8.05. The number of nitrogens with zero attached hydrogens (tertiary/aromatic N) is 2. The van der Waals surface area contributed by atoms with Gasteiger partial charge in [0.25, 0.3) is 0 Å². The lowest BCUT2D eigenvalue weighted by Crippen LogP contribution is -2.28. The summed E-state index contributed by atoms with van der Waals surface area (Å²) in [6.07, 6.45) is 2.51. The van der Waals surface area contributed by atoms with Gasteiger partial charge in [0.1, 0.15) is 5.82 Å². The van der Waals surface area contributed by atoms with E-state index in [-0.39, 0.29) is 0 Å². The van der Waals surface area contributed by atoms with E-state index < -0.39 is 0 Å². The van der Waals surface area contributed by atoms with Crippen molar-refractivity contribution in [1.82, 2.24) is 9.88 Å². The van der Waals surface area contributed by atoms with Gasteiger partial charge in [0, 0.05) is 13.1 Å².